The highest BCUT2D eigenvalue weighted by atomic mass is 19.4. The Labute approximate surface area is 252 Å². The van der Waals surface area contributed by atoms with Crippen molar-refractivity contribution >= 4 is 29.6 Å². The van der Waals surface area contributed by atoms with Crippen LogP contribution < -0.4 is 10.1 Å². The molecule has 3 aromatic rings. The SMILES string of the molecule is CC(C)Oc1cc2nc(C3CCN(C(=O)C4CC5(CCCN5C=O)C4)CC3)cn2cc1NC(=O)c1cccc(C(F)(F)F)n1. The second kappa shape index (κ2) is 11.4. The number of nitrogens with zero attached hydrogens (tertiary/aromatic N) is 5. The predicted molar refractivity (Wildman–Crippen MR) is 154 cm³/mol. The molecule has 0 atom stereocenters. The zero-order valence-corrected chi connectivity index (χ0v) is 24.6. The first kappa shape index (κ1) is 29.9. The number of fused-ring (bicyclic) bond motifs is 1. The van der Waals surface area contributed by atoms with Crippen LogP contribution in [0.1, 0.15) is 80.2 Å². The third-order valence-electron chi connectivity index (χ3n) is 9.06. The normalized spacial score (nSPS) is 22.5. The lowest BCUT2D eigenvalue weighted by Crippen LogP contribution is -2.57. The largest absolute Gasteiger partial charge is 0.489 e. The number of ether oxygens (including phenoxy) is 1. The molecule has 3 fully saturated rings. The van der Waals surface area contributed by atoms with Crippen LogP contribution in [0.15, 0.2) is 36.7 Å². The first-order valence-corrected chi connectivity index (χ1v) is 15.0. The number of hydrogen-bond acceptors (Lipinski definition) is 6. The van der Waals surface area contributed by atoms with Crippen molar-refractivity contribution < 1.29 is 32.3 Å². The molecule has 5 heterocycles. The fourth-order valence-electron chi connectivity index (χ4n) is 6.83. The summed E-state index contributed by atoms with van der Waals surface area (Å²) in [6.07, 6.45) is 4.51. The molecule has 1 N–H and O–H groups in total. The number of hydrogen-bond donors (Lipinski definition) is 1. The predicted octanol–water partition coefficient (Wildman–Crippen LogP) is 4.89. The van der Waals surface area contributed by atoms with Gasteiger partial charge >= 0.3 is 6.18 Å². The van der Waals surface area contributed by atoms with Crippen LogP contribution in [-0.2, 0) is 15.8 Å². The van der Waals surface area contributed by atoms with Crippen molar-refractivity contribution in [1.82, 2.24) is 24.2 Å². The third-order valence-corrected chi connectivity index (χ3v) is 9.06. The highest BCUT2D eigenvalue weighted by Gasteiger charge is 2.53. The minimum atomic E-state index is -4.67. The minimum absolute atomic E-state index is 0.0264. The van der Waals surface area contributed by atoms with E-state index in [4.69, 9.17) is 9.72 Å². The van der Waals surface area contributed by atoms with E-state index in [9.17, 15) is 27.6 Å². The molecule has 0 bridgehead atoms. The highest BCUT2D eigenvalue weighted by Crippen LogP contribution is 2.49. The summed E-state index contributed by atoms with van der Waals surface area (Å²) in [5.41, 5.74) is 0.0853. The quantitative estimate of drug-likeness (QED) is 0.381. The van der Waals surface area contributed by atoms with Crippen LogP contribution in [0.25, 0.3) is 5.65 Å². The molecule has 1 spiro atoms. The van der Waals surface area contributed by atoms with Gasteiger partial charge in [-0.1, -0.05) is 6.07 Å². The van der Waals surface area contributed by atoms with E-state index in [1.54, 1.807) is 16.7 Å². The Bertz CT molecular complexity index is 1570. The molecule has 2 aliphatic heterocycles. The lowest BCUT2D eigenvalue weighted by Gasteiger charge is -2.50. The number of aromatic nitrogens is 3. The van der Waals surface area contributed by atoms with E-state index in [0.29, 0.717) is 24.5 Å². The second-order valence-electron chi connectivity index (χ2n) is 12.3. The third kappa shape index (κ3) is 5.71. The Balaban J connectivity index is 1.14. The molecule has 1 saturated carbocycles. The second-order valence-corrected chi connectivity index (χ2v) is 12.3. The molecule has 6 rings (SSSR count). The number of amides is 3. The molecule has 234 valence electrons. The highest BCUT2D eigenvalue weighted by molar-refractivity contribution is 6.03. The Morgan fingerprint density at radius 1 is 1.11 bits per heavy atom. The fourth-order valence-corrected chi connectivity index (χ4v) is 6.83. The standard InChI is InChI=1S/C31H35F3N6O4/c1-19(2)44-25-13-27-36-23(16-39(27)17-24(25)37-28(42)22-5-3-6-26(35-22)31(32,33)34)20-7-11-38(12-8-20)29(43)21-14-30(15-21)9-4-10-40(30)18-41/h3,5-6,13,16-21H,4,7-12,14-15H2,1-2H3,(H,37,42). The monoisotopic (exact) mass is 612 g/mol. The van der Waals surface area contributed by atoms with Crippen LogP contribution in [0.4, 0.5) is 18.9 Å². The van der Waals surface area contributed by atoms with E-state index in [-0.39, 0.29) is 40.8 Å². The summed E-state index contributed by atoms with van der Waals surface area (Å²) in [5, 5.41) is 2.65. The van der Waals surface area contributed by atoms with Crippen molar-refractivity contribution in [2.45, 2.75) is 76.1 Å². The van der Waals surface area contributed by atoms with Crippen molar-refractivity contribution in [2.75, 3.05) is 25.0 Å². The summed E-state index contributed by atoms with van der Waals surface area (Å²) in [7, 11) is 0. The molecular formula is C31H35F3N6O4. The summed E-state index contributed by atoms with van der Waals surface area (Å²) >= 11 is 0. The zero-order chi connectivity index (χ0) is 31.2. The average molecular weight is 613 g/mol. The summed E-state index contributed by atoms with van der Waals surface area (Å²) in [4.78, 5) is 49.7. The van der Waals surface area contributed by atoms with Crippen LogP contribution in [0, 0.1) is 5.92 Å². The van der Waals surface area contributed by atoms with Crippen molar-refractivity contribution in [1.29, 1.82) is 0 Å². The number of imidazole rings is 1. The molecule has 0 aromatic carbocycles. The van der Waals surface area contributed by atoms with Gasteiger partial charge in [-0.15, -0.1) is 0 Å². The Hall–Kier alpha value is -4.16. The summed E-state index contributed by atoms with van der Waals surface area (Å²) < 4.78 is 47.1. The Morgan fingerprint density at radius 2 is 1.86 bits per heavy atom. The van der Waals surface area contributed by atoms with Crippen LogP contribution in [-0.4, -0.2) is 73.7 Å². The maximum Gasteiger partial charge on any atom is 0.433 e. The van der Waals surface area contributed by atoms with Gasteiger partial charge in [0.25, 0.3) is 5.91 Å². The van der Waals surface area contributed by atoms with Crippen LogP contribution >= 0.6 is 0 Å². The summed E-state index contributed by atoms with van der Waals surface area (Å²) in [5.74, 6) is -0.187. The van der Waals surface area contributed by atoms with Crippen molar-refractivity contribution in [3.8, 4) is 5.75 Å². The number of anilines is 1. The van der Waals surface area contributed by atoms with Gasteiger partial charge in [-0.2, -0.15) is 13.2 Å². The smallest absolute Gasteiger partial charge is 0.433 e. The summed E-state index contributed by atoms with van der Waals surface area (Å²) in [6.45, 7) is 5.69. The number of carbonyl (C=O) groups excluding carboxylic acids is 3. The lowest BCUT2D eigenvalue weighted by atomic mass is 9.66. The molecule has 2 saturated heterocycles. The van der Waals surface area contributed by atoms with Crippen molar-refractivity contribution in [2.24, 2.45) is 5.92 Å². The molecular weight excluding hydrogens is 577 g/mol. The van der Waals surface area contributed by atoms with E-state index in [1.807, 2.05) is 29.8 Å². The number of likely N-dealkylation sites (tertiary alicyclic amines) is 2. The minimum Gasteiger partial charge on any atom is -0.489 e. The number of alkyl halides is 3. The molecule has 13 heteroatoms. The number of halogens is 3. The van der Waals surface area contributed by atoms with E-state index >= 15 is 0 Å². The van der Waals surface area contributed by atoms with Gasteiger partial charge in [-0.3, -0.25) is 14.4 Å². The van der Waals surface area contributed by atoms with Crippen LogP contribution in [0.3, 0.4) is 0 Å². The first-order valence-electron chi connectivity index (χ1n) is 15.0. The number of pyridine rings is 2. The molecule has 0 radical (unpaired) electrons. The van der Waals surface area contributed by atoms with Crippen LogP contribution in [0.2, 0.25) is 0 Å². The molecule has 3 aromatic heterocycles. The van der Waals surface area contributed by atoms with E-state index in [0.717, 1.165) is 69.3 Å². The van der Waals surface area contributed by atoms with E-state index < -0.39 is 17.8 Å². The zero-order valence-electron chi connectivity index (χ0n) is 24.6. The van der Waals surface area contributed by atoms with Gasteiger partial charge < -0.3 is 24.3 Å². The van der Waals surface area contributed by atoms with Gasteiger partial charge in [0.15, 0.2) is 0 Å². The van der Waals surface area contributed by atoms with Gasteiger partial charge in [-0.25, -0.2) is 9.97 Å². The fraction of sp³-hybridized carbons (Fsp3) is 0.516. The number of rotatable bonds is 7. The Kier molecular flexibility index (Phi) is 7.75. The maximum atomic E-state index is 13.2. The van der Waals surface area contributed by atoms with Crippen molar-refractivity contribution in [3.05, 3.63) is 53.7 Å². The summed E-state index contributed by atoms with van der Waals surface area (Å²) in [6, 6.07) is 4.86. The van der Waals surface area contributed by atoms with Gasteiger partial charge in [-0.05, 0) is 64.5 Å². The first-order chi connectivity index (χ1) is 21.0. The molecule has 10 nitrogen and oxygen atoms in total. The van der Waals surface area contributed by atoms with Crippen LogP contribution in [0.5, 0.6) is 5.75 Å². The Morgan fingerprint density at radius 3 is 2.55 bits per heavy atom. The molecule has 44 heavy (non-hydrogen) atoms. The van der Waals surface area contributed by atoms with Gasteiger partial charge in [0.05, 0.1) is 11.8 Å². The maximum absolute atomic E-state index is 13.2. The van der Waals surface area contributed by atoms with Gasteiger partial charge in [0.2, 0.25) is 12.3 Å². The lowest BCUT2D eigenvalue weighted by molar-refractivity contribution is -0.148. The number of piperidine rings is 1. The van der Waals surface area contributed by atoms with E-state index in [2.05, 4.69) is 10.3 Å². The molecule has 1 aliphatic carbocycles. The topological polar surface area (TPSA) is 109 Å². The van der Waals surface area contributed by atoms with Gasteiger partial charge in [0, 0.05) is 55.5 Å². The van der Waals surface area contributed by atoms with Crippen molar-refractivity contribution in [3.63, 3.8) is 0 Å². The van der Waals surface area contributed by atoms with E-state index in [1.165, 1.54) is 6.07 Å². The van der Waals surface area contributed by atoms with Gasteiger partial charge in [0.1, 0.15) is 28.5 Å². The average Bonchev–Trinajstić information content (AvgIpc) is 3.60. The number of carbonyl (C=O) groups is 3. The molecule has 3 aliphatic rings. The number of nitrogens with one attached hydrogen (secondary N) is 1. The molecule has 3 amide bonds. The molecule has 0 unspecified atom stereocenters.